The molecule has 1 atom stereocenters. The van der Waals surface area contributed by atoms with Crippen molar-refractivity contribution in [1.29, 1.82) is 0 Å². The molecule has 0 saturated heterocycles. The van der Waals surface area contributed by atoms with E-state index in [1.54, 1.807) is 18.2 Å². The molecule has 0 fully saturated rings. The van der Waals surface area contributed by atoms with E-state index in [0.29, 0.717) is 18.3 Å². The van der Waals surface area contributed by atoms with E-state index in [1.807, 2.05) is 6.20 Å². The summed E-state index contributed by atoms with van der Waals surface area (Å²) in [5.74, 6) is 1.86. The van der Waals surface area contributed by atoms with Crippen molar-refractivity contribution in [3.63, 3.8) is 0 Å². The van der Waals surface area contributed by atoms with Crippen LogP contribution in [0, 0.1) is 11.7 Å². The molecule has 1 aromatic carbocycles. The maximum absolute atomic E-state index is 13.4. The molecule has 5 heteroatoms. The molecule has 3 rings (SSSR count). The molecule has 2 heterocycles. The lowest BCUT2D eigenvalue weighted by Gasteiger charge is -2.28. The second kappa shape index (κ2) is 6.92. The summed E-state index contributed by atoms with van der Waals surface area (Å²) in [6.45, 7) is 3.36. The molecule has 118 valence electrons. The van der Waals surface area contributed by atoms with Gasteiger partial charge in [-0.3, -0.25) is 0 Å². The van der Waals surface area contributed by atoms with Crippen molar-refractivity contribution in [3.8, 4) is 5.75 Å². The van der Waals surface area contributed by atoms with Crippen LogP contribution in [0.1, 0.15) is 12.2 Å². The SMILES string of the molecule is CN(CCOc1ccccc1F)C[C@H]1CCc2nccn2C1. The highest BCUT2D eigenvalue weighted by molar-refractivity contribution is 5.23. The van der Waals surface area contributed by atoms with Crippen LogP contribution < -0.4 is 4.74 Å². The van der Waals surface area contributed by atoms with Gasteiger partial charge in [0.1, 0.15) is 12.4 Å². The molecule has 0 spiro atoms. The number of halogens is 1. The number of likely N-dealkylation sites (N-methyl/N-ethyl adjacent to an activating group) is 1. The van der Waals surface area contributed by atoms with E-state index >= 15 is 0 Å². The van der Waals surface area contributed by atoms with Gasteiger partial charge in [0.15, 0.2) is 11.6 Å². The molecular weight excluding hydrogens is 281 g/mol. The molecule has 0 aliphatic carbocycles. The minimum absolute atomic E-state index is 0.301. The van der Waals surface area contributed by atoms with Crippen molar-refractivity contribution in [2.75, 3.05) is 26.7 Å². The van der Waals surface area contributed by atoms with Crippen molar-refractivity contribution >= 4 is 0 Å². The third-order valence-corrected chi connectivity index (χ3v) is 4.17. The predicted molar refractivity (Wildman–Crippen MR) is 83.4 cm³/mol. The smallest absolute Gasteiger partial charge is 0.165 e. The van der Waals surface area contributed by atoms with E-state index in [2.05, 4.69) is 27.7 Å². The van der Waals surface area contributed by atoms with Gasteiger partial charge in [-0.15, -0.1) is 0 Å². The highest BCUT2D eigenvalue weighted by atomic mass is 19.1. The molecule has 0 bridgehead atoms. The first-order valence-electron chi connectivity index (χ1n) is 7.78. The number of rotatable bonds is 6. The Hall–Kier alpha value is -1.88. The molecule has 1 aliphatic heterocycles. The van der Waals surface area contributed by atoms with Crippen LogP contribution in [0.15, 0.2) is 36.7 Å². The minimum Gasteiger partial charge on any atom is -0.489 e. The van der Waals surface area contributed by atoms with E-state index in [-0.39, 0.29) is 5.82 Å². The zero-order chi connectivity index (χ0) is 15.4. The fourth-order valence-corrected chi connectivity index (χ4v) is 2.99. The van der Waals surface area contributed by atoms with Gasteiger partial charge in [0.05, 0.1) is 0 Å². The van der Waals surface area contributed by atoms with E-state index in [9.17, 15) is 4.39 Å². The monoisotopic (exact) mass is 303 g/mol. The van der Waals surface area contributed by atoms with Gasteiger partial charge in [0.25, 0.3) is 0 Å². The number of aryl methyl sites for hydroxylation is 1. The number of para-hydroxylation sites is 1. The first-order valence-corrected chi connectivity index (χ1v) is 7.78. The topological polar surface area (TPSA) is 30.3 Å². The Kier molecular flexibility index (Phi) is 4.73. The third kappa shape index (κ3) is 3.65. The second-order valence-corrected chi connectivity index (χ2v) is 5.94. The van der Waals surface area contributed by atoms with Gasteiger partial charge in [-0.05, 0) is 31.5 Å². The van der Waals surface area contributed by atoms with Crippen molar-refractivity contribution in [2.45, 2.75) is 19.4 Å². The molecule has 2 aromatic rings. The Balaban J connectivity index is 1.42. The summed E-state index contributed by atoms with van der Waals surface area (Å²) in [5.41, 5.74) is 0. The molecular formula is C17H22FN3O. The van der Waals surface area contributed by atoms with Gasteiger partial charge < -0.3 is 14.2 Å². The van der Waals surface area contributed by atoms with E-state index < -0.39 is 0 Å². The number of fused-ring (bicyclic) bond motifs is 1. The number of ether oxygens (including phenoxy) is 1. The number of hydrogen-bond acceptors (Lipinski definition) is 3. The number of imidazole rings is 1. The lowest BCUT2D eigenvalue weighted by atomic mass is 9.99. The van der Waals surface area contributed by atoms with Crippen LogP contribution >= 0.6 is 0 Å². The summed E-state index contributed by atoms with van der Waals surface area (Å²) in [5, 5.41) is 0. The first-order chi connectivity index (χ1) is 10.7. The Bertz CT molecular complexity index is 613. The fourth-order valence-electron chi connectivity index (χ4n) is 2.99. The van der Waals surface area contributed by atoms with Gasteiger partial charge in [-0.1, -0.05) is 12.1 Å². The van der Waals surface area contributed by atoms with E-state index in [0.717, 1.165) is 26.1 Å². The highest BCUT2D eigenvalue weighted by Gasteiger charge is 2.19. The summed E-state index contributed by atoms with van der Waals surface area (Å²) < 4.78 is 21.2. The van der Waals surface area contributed by atoms with Crippen molar-refractivity contribution < 1.29 is 9.13 Å². The molecule has 0 unspecified atom stereocenters. The standard InChI is InChI=1S/C17H22FN3O/c1-20(10-11-22-16-5-3-2-4-15(16)18)12-14-6-7-17-19-8-9-21(17)13-14/h2-5,8-9,14H,6-7,10-13H2,1H3/t14-/m1/s1. The maximum Gasteiger partial charge on any atom is 0.165 e. The van der Waals surface area contributed by atoms with Crippen molar-refractivity contribution in [3.05, 3.63) is 48.3 Å². The zero-order valence-electron chi connectivity index (χ0n) is 12.9. The summed E-state index contributed by atoms with van der Waals surface area (Å²) >= 11 is 0. The average Bonchev–Trinajstić information content (AvgIpc) is 2.97. The minimum atomic E-state index is -0.301. The fraction of sp³-hybridized carbons (Fsp3) is 0.471. The molecule has 22 heavy (non-hydrogen) atoms. The number of aromatic nitrogens is 2. The second-order valence-electron chi connectivity index (χ2n) is 5.94. The maximum atomic E-state index is 13.4. The van der Waals surface area contributed by atoms with Gasteiger partial charge in [-0.25, -0.2) is 9.37 Å². The molecule has 4 nitrogen and oxygen atoms in total. The predicted octanol–water partition coefficient (Wildman–Crippen LogP) is 2.60. The largest absolute Gasteiger partial charge is 0.489 e. The first kappa shape index (κ1) is 15.0. The molecule has 1 aliphatic rings. The van der Waals surface area contributed by atoms with E-state index in [4.69, 9.17) is 4.74 Å². The van der Waals surface area contributed by atoms with Crippen LogP contribution in [0.3, 0.4) is 0 Å². The van der Waals surface area contributed by atoms with Crippen molar-refractivity contribution in [2.24, 2.45) is 5.92 Å². The molecule has 0 N–H and O–H groups in total. The Labute approximate surface area is 130 Å². The number of nitrogens with zero attached hydrogens (tertiary/aromatic N) is 3. The summed E-state index contributed by atoms with van der Waals surface area (Å²) in [4.78, 5) is 6.61. The summed E-state index contributed by atoms with van der Waals surface area (Å²) in [6.07, 6.45) is 6.17. The zero-order valence-corrected chi connectivity index (χ0v) is 12.9. The van der Waals surface area contributed by atoms with Crippen molar-refractivity contribution in [1.82, 2.24) is 14.5 Å². The normalized spacial score (nSPS) is 17.5. The molecule has 0 saturated carbocycles. The Morgan fingerprint density at radius 3 is 3.14 bits per heavy atom. The quantitative estimate of drug-likeness (QED) is 0.822. The lowest BCUT2D eigenvalue weighted by Crippen LogP contribution is -2.33. The lowest BCUT2D eigenvalue weighted by molar-refractivity contribution is 0.193. The third-order valence-electron chi connectivity index (χ3n) is 4.17. The molecule has 0 amide bonds. The van der Waals surface area contributed by atoms with Crippen LogP contribution in [0.5, 0.6) is 5.75 Å². The summed E-state index contributed by atoms with van der Waals surface area (Å²) in [7, 11) is 2.09. The van der Waals surface area contributed by atoms with Crippen LogP contribution in [0.2, 0.25) is 0 Å². The number of benzene rings is 1. The van der Waals surface area contributed by atoms with Gasteiger partial charge >= 0.3 is 0 Å². The van der Waals surface area contributed by atoms with Crippen LogP contribution in [-0.4, -0.2) is 41.2 Å². The Morgan fingerprint density at radius 2 is 2.27 bits per heavy atom. The van der Waals surface area contributed by atoms with Gasteiger partial charge in [-0.2, -0.15) is 0 Å². The van der Waals surface area contributed by atoms with Crippen LogP contribution in [-0.2, 0) is 13.0 Å². The molecule has 0 radical (unpaired) electrons. The van der Waals surface area contributed by atoms with E-state index in [1.165, 1.54) is 18.3 Å². The van der Waals surface area contributed by atoms with Crippen LogP contribution in [0.4, 0.5) is 4.39 Å². The van der Waals surface area contributed by atoms with Gasteiger partial charge in [0, 0.05) is 38.4 Å². The Morgan fingerprint density at radius 1 is 1.41 bits per heavy atom. The number of hydrogen-bond donors (Lipinski definition) is 0. The summed E-state index contributed by atoms with van der Waals surface area (Å²) in [6, 6.07) is 6.54. The molecule has 1 aromatic heterocycles. The average molecular weight is 303 g/mol. The van der Waals surface area contributed by atoms with Gasteiger partial charge in [0.2, 0.25) is 0 Å². The highest BCUT2D eigenvalue weighted by Crippen LogP contribution is 2.19. The van der Waals surface area contributed by atoms with Crippen LogP contribution in [0.25, 0.3) is 0 Å².